The average Bonchev–Trinajstić information content (AvgIpc) is 2.68. The first-order chi connectivity index (χ1) is 12.9. The Labute approximate surface area is 157 Å². The Kier molecular flexibility index (Phi) is 5.17. The monoisotopic (exact) mass is 363 g/mol. The van der Waals surface area contributed by atoms with E-state index in [0.717, 1.165) is 0 Å². The van der Waals surface area contributed by atoms with E-state index in [2.05, 4.69) is 11.9 Å². The predicted octanol–water partition coefficient (Wildman–Crippen LogP) is 4.95. The van der Waals surface area contributed by atoms with E-state index in [1.807, 2.05) is 6.07 Å². The van der Waals surface area contributed by atoms with Gasteiger partial charge in [0, 0.05) is 11.1 Å². The second-order valence-electron chi connectivity index (χ2n) is 6.34. The van der Waals surface area contributed by atoms with Crippen LogP contribution in [0.25, 0.3) is 0 Å². The molecule has 0 fully saturated rings. The number of nitrogens with one attached hydrogen (secondary N) is 1. The van der Waals surface area contributed by atoms with E-state index in [9.17, 15) is 13.6 Å². The van der Waals surface area contributed by atoms with Crippen LogP contribution in [0.15, 0.2) is 91.0 Å². The summed E-state index contributed by atoms with van der Waals surface area (Å²) < 4.78 is 28.5. The number of carbonyl (C=O) groups is 1. The molecule has 0 saturated carbocycles. The molecular formula is C23H19F2NO. The molecule has 1 N–H and O–H groups in total. The van der Waals surface area contributed by atoms with Crippen molar-refractivity contribution in [3.05, 3.63) is 119 Å². The highest BCUT2D eigenvalue weighted by molar-refractivity contribution is 5.93. The highest BCUT2D eigenvalue weighted by atomic mass is 19.1. The molecule has 136 valence electrons. The third-order valence-corrected chi connectivity index (χ3v) is 4.45. The number of hydrogen-bond donors (Lipinski definition) is 1. The van der Waals surface area contributed by atoms with E-state index in [1.54, 1.807) is 61.5 Å². The molecule has 1 atom stereocenters. The molecule has 0 saturated heterocycles. The second-order valence-corrected chi connectivity index (χ2v) is 6.34. The zero-order valence-electron chi connectivity index (χ0n) is 14.9. The molecule has 2 nitrogen and oxygen atoms in total. The highest BCUT2D eigenvalue weighted by Crippen LogP contribution is 2.38. The molecule has 0 aliphatic heterocycles. The summed E-state index contributed by atoms with van der Waals surface area (Å²) in [7, 11) is 0. The van der Waals surface area contributed by atoms with Gasteiger partial charge in [0.05, 0.1) is 0 Å². The van der Waals surface area contributed by atoms with Crippen LogP contribution < -0.4 is 5.32 Å². The van der Waals surface area contributed by atoms with Gasteiger partial charge in [0.25, 0.3) is 0 Å². The smallest absolute Gasteiger partial charge is 0.247 e. The maximum absolute atomic E-state index is 14.9. The minimum atomic E-state index is -1.34. The fraction of sp³-hybridized carbons (Fsp3) is 0.0870. The van der Waals surface area contributed by atoms with Gasteiger partial charge in [-0.1, -0.05) is 67.2 Å². The van der Waals surface area contributed by atoms with Crippen molar-refractivity contribution >= 4 is 5.91 Å². The van der Waals surface area contributed by atoms with Crippen LogP contribution in [0.5, 0.6) is 0 Å². The molecule has 3 aromatic carbocycles. The lowest BCUT2D eigenvalue weighted by atomic mass is 9.76. The van der Waals surface area contributed by atoms with Gasteiger partial charge in [0.1, 0.15) is 17.2 Å². The summed E-state index contributed by atoms with van der Waals surface area (Å²) in [5.74, 6) is -1.32. The van der Waals surface area contributed by atoms with Crippen molar-refractivity contribution in [3.63, 3.8) is 0 Å². The number of benzene rings is 3. The number of rotatable bonds is 5. The second kappa shape index (κ2) is 7.54. The molecule has 0 aliphatic rings. The van der Waals surface area contributed by atoms with E-state index in [1.165, 1.54) is 18.2 Å². The molecule has 0 aromatic heterocycles. The molecule has 0 heterocycles. The molecule has 1 amide bonds. The molecule has 0 bridgehead atoms. The summed E-state index contributed by atoms with van der Waals surface area (Å²) >= 11 is 0. The van der Waals surface area contributed by atoms with Gasteiger partial charge in [0.2, 0.25) is 5.91 Å². The van der Waals surface area contributed by atoms with Crippen LogP contribution in [0.1, 0.15) is 23.6 Å². The summed E-state index contributed by atoms with van der Waals surface area (Å²) in [6.07, 6.45) is 0. The van der Waals surface area contributed by atoms with E-state index >= 15 is 0 Å². The van der Waals surface area contributed by atoms with E-state index in [0.29, 0.717) is 11.1 Å². The van der Waals surface area contributed by atoms with Crippen LogP contribution in [0.3, 0.4) is 0 Å². The summed E-state index contributed by atoms with van der Waals surface area (Å²) in [4.78, 5) is 12.6. The predicted molar refractivity (Wildman–Crippen MR) is 102 cm³/mol. The van der Waals surface area contributed by atoms with Crippen LogP contribution in [-0.2, 0) is 10.3 Å². The van der Waals surface area contributed by atoms with Crippen molar-refractivity contribution in [2.75, 3.05) is 0 Å². The Hall–Kier alpha value is -3.27. The summed E-state index contributed by atoms with van der Waals surface area (Å²) in [5, 5.41) is 2.94. The molecule has 0 radical (unpaired) electrons. The Morgan fingerprint density at radius 1 is 0.852 bits per heavy atom. The average molecular weight is 363 g/mol. The van der Waals surface area contributed by atoms with Crippen molar-refractivity contribution in [1.82, 2.24) is 5.32 Å². The Morgan fingerprint density at radius 3 is 2.00 bits per heavy atom. The first-order valence-corrected chi connectivity index (χ1v) is 8.50. The van der Waals surface area contributed by atoms with Crippen molar-refractivity contribution in [2.45, 2.75) is 12.5 Å². The lowest BCUT2D eigenvalue weighted by Crippen LogP contribution is -2.48. The minimum Gasteiger partial charge on any atom is -0.335 e. The van der Waals surface area contributed by atoms with E-state index in [4.69, 9.17) is 0 Å². The standard InChI is InChI=1S/C23H19F2NO/c1-16(2)22(27)26-23(17-8-4-3-5-9-17,18-12-14-19(24)15-13-18)20-10-6-7-11-21(20)25/h3-15H,1H2,2H3,(H,26,27). The summed E-state index contributed by atoms with van der Waals surface area (Å²) in [6, 6.07) is 21.0. The van der Waals surface area contributed by atoms with Crippen molar-refractivity contribution < 1.29 is 13.6 Å². The van der Waals surface area contributed by atoms with E-state index in [-0.39, 0.29) is 11.1 Å². The molecule has 4 heteroatoms. The molecule has 3 aromatic rings. The van der Waals surface area contributed by atoms with Crippen LogP contribution in [0.4, 0.5) is 8.78 Å². The van der Waals surface area contributed by atoms with Gasteiger partial charge < -0.3 is 5.32 Å². The maximum atomic E-state index is 14.9. The zero-order valence-corrected chi connectivity index (χ0v) is 14.9. The normalized spacial score (nSPS) is 12.9. The van der Waals surface area contributed by atoms with Gasteiger partial charge in [-0.2, -0.15) is 0 Å². The largest absolute Gasteiger partial charge is 0.335 e. The third kappa shape index (κ3) is 3.51. The highest BCUT2D eigenvalue weighted by Gasteiger charge is 2.40. The van der Waals surface area contributed by atoms with Crippen LogP contribution in [-0.4, -0.2) is 5.91 Å². The Bertz CT molecular complexity index is 967. The molecule has 0 aliphatic carbocycles. The van der Waals surface area contributed by atoms with Gasteiger partial charge in [0.15, 0.2) is 0 Å². The topological polar surface area (TPSA) is 29.1 Å². The van der Waals surface area contributed by atoms with Crippen LogP contribution in [0.2, 0.25) is 0 Å². The van der Waals surface area contributed by atoms with Crippen molar-refractivity contribution in [3.8, 4) is 0 Å². The van der Waals surface area contributed by atoms with Gasteiger partial charge in [-0.05, 0) is 36.2 Å². The minimum absolute atomic E-state index is 0.261. The molecular weight excluding hydrogens is 344 g/mol. The summed E-state index contributed by atoms with van der Waals surface area (Å²) in [5.41, 5.74) is 0.397. The van der Waals surface area contributed by atoms with Gasteiger partial charge in [-0.25, -0.2) is 8.78 Å². The van der Waals surface area contributed by atoms with E-state index < -0.39 is 23.1 Å². The number of halogens is 2. The number of carbonyl (C=O) groups excluding carboxylic acids is 1. The lowest BCUT2D eigenvalue weighted by Gasteiger charge is -2.37. The Balaban J connectivity index is 2.37. The molecule has 27 heavy (non-hydrogen) atoms. The molecule has 0 spiro atoms. The van der Waals surface area contributed by atoms with Crippen molar-refractivity contribution in [2.24, 2.45) is 0 Å². The van der Waals surface area contributed by atoms with Gasteiger partial charge in [-0.3, -0.25) is 4.79 Å². The summed E-state index contributed by atoms with van der Waals surface area (Å²) in [6.45, 7) is 5.27. The zero-order chi connectivity index (χ0) is 19.4. The van der Waals surface area contributed by atoms with Crippen LogP contribution >= 0.6 is 0 Å². The maximum Gasteiger partial charge on any atom is 0.247 e. The first-order valence-electron chi connectivity index (χ1n) is 8.50. The number of amides is 1. The lowest BCUT2D eigenvalue weighted by molar-refractivity contribution is -0.118. The Morgan fingerprint density at radius 2 is 1.41 bits per heavy atom. The SMILES string of the molecule is C=C(C)C(=O)NC(c1ccccc1)(c1ccc(F)cc1)c1ccccc1F. The van der Waals surface area contributed by atoms with Gasteiger partial charge >= 0.3 is 0 Å². The van der Waals surface area contributed by atoms with Crippen LogP contribution in [0, 0.1) is 11.6 Å². The number of hydrogen-bond acceptors (Lipinski definition) is 1. The van der Waals surface area contributed by atoms with Gasteiger partial charge in [-0.15, -0.1) is 0 Å². The fourth-order valence-electron chi connectivity index (χ4n) is 3.12. The quantitative estimate of drug-likeness (QED) is 0.504. The molecule has 3 rings (SSSR count). The third-order valence-electron chi connectivity index (χ3n) is 4.45. The first kappa shape index (κ1) is 18.5. The molecule has 1 unspecified atom stereocenters. The fourth-order valence-corrected chi connectivity index (χ4v) is 3.12. The van der Waals surface area contributed by atoms with Crippen molar-refractivity contribution in [1.29, 1.82) is 0 Å².